The molecule has 0 saturated carbocycles. The number of carbonyl (C=O) groups is 1. The Balaban J connectivity index is 3.08. The van der Waals surface area contributed by atoms with Gasteiger partial charge in [0.05, 0.1) is 24.0 Å². The Bertz CT molecular complexity index is 382. The van der Waals surface area contributed by atoms with Crippen LogP contribution in [0.1, 0.15) is 10.4 Å². The molecule has 0 saturated heterocycles. The minimum absolute atomic E-state index is 0.206. The third-order valence-corrected chi connectivity index (χ3v) is 1.77. The number of hydrogen-bond acceptors (Lipinski definition) is 3. The number of aromatic nitrogens is 1. The lowest BCUT2D eigenvalue weighted by Crippen LogP contribution is -2.20. The second-order valence-electron chi connectivity index (χ2n) is 2.76. The summed E-state index contributed by atoms with van der Waals surface area (Å²) in [6, 6.07) is 1.45. The molecule has 1 aromatic rings. The number of terminal acetylenes is 1. The van der Waals surface area contributed by atoms with Gasteiger partial charge in [-0.15, -0.1) is 6.42 Å². The molecule has 0 bridgehead atoms. The molecule has 1 heterocycles. The van der Waals surface area contributed by atoms with Crippen molar-refractivity contribution in [1.29, 1.82) is 0 Å². The molecule has 0 aliphatic carbocycles. The maximum Gasteiger partial charge on any atom is 0.337 e. The van der Waals surface area contributed by atoms with Crippen LogP contribution >= 0.6 is 0 Å². The van der Waals surface area contributed by atoms with Gasteiger partial charge in [-0.1, -0.05) is 5.92 Å². The third kappa shape index (κ3) is 2.02. The van der Waals surface area contributed by atoms with Crippen LogP contribution in [0.25, 0.3) is 0 Å². The van der Waals surface area contributed by atoms with Gasteiger partial charge in [0.15, 0.2) is 0 Å². The molecule has 0 fully saturated rings. The molecule has 0 radical (unpaired) electrons. The predicted octanol–water partition coefficient (Wildman–Crippen LogP) is 0.849. The third-order valence-electron chi connectivity index (χ3n) is 1.77. The zero-order chi connectivity index (χ0) is 10.6. The zero-order valence-electron chi connectivity index (χ0n) is 7.77. The summed E-state index contributed by atoms with van der Waals surface area (Å²) in [5.74, 6) is 1.46. The summed E-state index contributed by atoms with van der Waals surface area (Å²) in [5.41, 5.74) is 0.732. The molecule has 0 atom stereocenters. The average molecular weight is 190 g/mol. The summed E-state index contributed by atoms with van der Waals surface area (Å²) in [5, 5.41) is 8.88. The molecule has 1 N–H and O–H groups in total. The fourth-order valence-corrected chi connectivity index (χ4v) is 1.09. The Hall–Kier alpha value is -2.02. The summed E-state index contributed by atoms with van der Waals surface area (Å²) in [6.45, 7) is 0.353. The van der Waals surface area contributed by atoms with Crippen molar-refractivity contribution in [3.63, 3.8) is 0 Å². The minimum atomic E-state index is -0.980. The zero-order valence-corrected chi connectivity index (χ0v) is 7.77. The molecule has 1 aromatic heterocycles. The maximum atomic E-state index is 10.8. The fraction of sp³-hybridized carbons (Fsp3) is 0.200. The molecule has 0 spiro atoms. The van der Waals surface area contributed by atoms with Gasteiger partial charge in [-0.2, -0.15) is 0 Å². The number of pyridine rings is 1. The van der Waals surface area contributed by atoms with Crippen molar-refractivity contribution < 1.29 is 9.90 Å². The Labute approximate surface area is 82.2 Å². The van der Waals surface area contributed by atoms with Gasteiger partial charge in [-0.05, 0) is 6.07 Å². The Morgan fingerprint density at radius 1 is 1.79 bits per heavy atom. The highest BCUT2D eigenvalue weighted by Gasteiger charge is 2.11. The Morgan fingerprint density at radius 3 is 3.07 bits per heavy atom. The van der Waals surface area contributed by atoms with Crippen molar-refractivity contribution in [3.8, 4) is 12.3 Å². The van der Waals surface area contributed by atoms with Crippen molar-refractivity contribution in [2.24, 2.45) is 0 Å². The largest absolute Gasteiger partial charge is 0.478 e. The van der Waals surface area contributed by atoms with E-state index in [4.69, 9.17) is 11.5 Å². The molecule has 0 aliphatic heterocycles. The normalized spacial score (nSPS) is 9.14. The molecular weight excluding hydrogens is 180 g/mol. The second-order valence-corrected chi connectivity index (χ2v) is 2.76. The van der Waals surface area contributed by atoms with E-state index < -0.39 is 5.97 Å². The van der Waals surface area contributed by atoms with Crippen LogP contribution in [-0.4, -0.2) is 29.7 Å². The molecule has 0 aromatic carbocycles. The summed E-state index contributed by atoms with van der Waals surface area (Å²) in [6.07, 6.45) is 8.06. The quantitative estimate of drug-likeness (QED) is 0.718. The van der Waals surface area contributed by atoms with E-state index in [0.717, 1.165) is 0 Å². The summed E-state index contributed by atoms with van der Waals surface area (Å²) in [4.78, 5) is 16.3. The van der Waals surface area contributed by atoms with Crippen molar-refractivity contribution >= 4 is 11.7 Å². The molecule has 1 rings (SSSR count). The summed E-state index contributed by atoms with van der Waals surface area (Å²) < 4.78 is 0. The van der Waals surface area contributed by atoms with Crippen LogP contribution in [0.5, 0.6) is 0 Å². The highest BCUT2D eigenvalue weighted by Crippen LogP contribution is 2.16. The Morgan fingerprint density at radius 2 is 2.50 bits per heavy atom. The molecule has 0 unspecified atom stereocenters. The lowest BCUT2D eigenvalue weighted by atomic mass is 10.2. The first-order chi connectivity index (χ1) is 6.66. The van der Waals surface area contributed by atoms with Crippen LogP contribution in [0.15, 0.2) is 18.5 Å². The first-order valence-corrected chi connectivity index (χ1v) is 3.98. The number of hydrogen-bond donors (Lipinski definition) is 1. The number of anilines is 1. The monoisotopic (exact) mass is 190 g/mol. The van der Waals surface area contributed by atoms with E-state index in [0.29, 0.717) is 12.2 Å². The molecule has 0 aliphatic rings. The predicted molar refractivity (Wildman–Crippen MR) is 53.3 cm³/mol. The van der Waals surface area contributed by atoms with Crippen LogP contribution in [-0.2, 0) is 0 Å². The molecule has 72 valence electrons. The van der Waals surface area contributed by atoms with E-state index >= 15 is 0 Å². The molecular formula is C10H10N2O2. The highest BCUT2D eigenvalue weighted by molar-refractivity contribution is 5.94. The van der Waals surface area contributed by atoms with Crippen molar-refractivity contribution in [2.75, 3.05) is 18.5 Å². The van der Waals surface area contributed by atoms with Crippen molar-refractivity contribution in [2.45, 2.75) is 0 Å². The fourth-order valence-electron chi connectivity index (χ4n) is 1.09. The Kier molecular flexibility index (Phi) is 3.08. The number of rotatable bonds is 3. The molecule has 4 nitrogen and oxygen atoms in total. The van der Waals surface area contributed by atoms with E-state index in [1.54, 1.807) is 11.9 Å². The number of nitrogens with zero attached hydrogens (tertiary/aromatic N) is 2. The van der Waals surface area contributed by atoms with E-state index in [1.165, 1.54) is 18.5 Å². The number of aromatic carboxylic acids is 1. The number of carboxylic acid groups (broad SMARTS) is 1. The lowest BCUT2D eigenvalue weighted by molar-refractivity contribution is 0.0697. The second kappa shape index (κ2) is 4.28. The molecule has 14 heavy (non-hydrogen) atoms. The van der Waals surface area contributed by atoms with Gasteiger partial charge in [0.25, 0.3) is 0 Å². The maximum absolute atomic E-state index is 10.8. The smallest absolute Gasteiger partial charge is 0.337 e. The average Bonchev–Trinajstić information content (AvgIpc) is 2.18. The van der Waals surface area contributed by atoms with Crippen LogP contribution in [0, 0.1) is 12.3 Å². The molecule has 4 heteroatoms. The van der Waals surface area contributed by atoms with Gasteiger partial charge >= 0.3 is 5.97 Å². The van der Waals surface area contributed by atoms with Crippen LogP contribution < -0.4 is 4.90 Å². The standard InChI is InChI=1S/C10H10N2O2/c1-3-6-12(2)9-7-11-5-4-8(9)10(13)14/h1,4-5,7H,6H2,2H3,(H,13,14). The van der Waals surface area contributed by atoms with Crippen LogP contribution in [0.3, 0.4) is 0 Å². The van der Waals surface area contributed by atoms with Gasteiger partial charge < -0.3 is 10.0 Å². The summed E-state index contributed by atoms with van der Waals surface area (Å²) in [7, 11) is 1.73. The number of carboxylic acids is 1. The van der Waals surface area contributed by atoms with Crippen molar-refractivity contribution in [1.82, 2.24) is 4.98 Å². The SMILES string of the molecule is C#CCN(C)c1cnccc1C(=O)O. The van der Waals surface area contributed by atoms with Crippen LogP contribution in [0.2, 0.25) is 0 Å². The van der Waals surface area contributed by atoms with Crippen LogP contribution in [0.4, 0.5) is 5.69 Å². The van der Waals surface area contributed by atoms with Gasteiger partial charge in [-0.25, -0.2) is 4.79 Å². The van der Waals surface area contributed by atoms with E-state index in [9.17, 15) is 4.79 Å². The van der Waals surface area contributed by atoms with Gasteiger partial charge in [0.2, 0.25) is 0 Å². The molecule has 0 amide bonds. The summed E-state index contributed by atoms with van der Waals surface area (Å²) >= 11 is 0. The first kappa shape index (κ1) is 10.1. The van der Waals surface area contributed by atoms with E-state index in [-0.39, 0.29) is 5.56 Å². The van der Waals surface area contributed by atoms with Gasteiger partial charge in [-0.3, -0.25) is 4.98 Å². The van der Waals surface area contributed by atoms with Gasteiger partial charge in [0, 0.05) is 13.2 Å². The minimum Gasteiger partial charge on any atom is -0.478 e. The first-order valence-electron chi connectivity index (χ1n) is 3.98. The van der Waals surface area contributed by atoms with E-state index in [2.05, 4.69) is 10.9 Å². The highest BCUT2D eigenvalue weighted by atomic mass is 16.4. The lowest BCUT2D eigenvalue weighted by Gasteiger charge is -2.17. The topological polar surface area (TPSA) is 53.4 Å². The van der Waals surface area contributed by atoms with Crippen molar-refractivity contribution in [3.05, 3.63) is 24.0 Å². The van der Waals surface area contributed by atoms with E-state index in [1.807, 2.05) is 0 Å². The van der Waals surface area contributed by atoms with Gasteiger partial charge in [0.1, 0.15) is 0 Å².